The second-order valence-corrected chi connectivity index (χ2v) is 6.78. The lowest BCUT2D eigenvalue weighted by Gasteiger charge is -2.23. The number of halogens is 2. The standard InChI is InChI=1S/C21H17BrFNO/c1-15-2-12-20(13-3-15)24(14-16-4-8-18(22)9-5-16)21(25)17-6-10-19(23)11-7-17/h2-13H,14H2,1H3. The molecule has 0 aliphatic carbocycles. The predicted octanol–water partition coefficient (Wildman–Crippen LogP) is 5.74. The molecule has 0 N–H and O–H groups in total. The van der Waals surface area contributed by atoms with E-state index in [4.69, 9.17) is 0 Å². The van der Waals surface area contributed by atoms with Gasteiger partial charge in [0.1, 0.15) is 5.82 Å². The predicted molar refractivity (Wildman–Crippen MR) is 102 cm³/mol. The Labute approximate surface area is 155 Å². The monoisotopic (exact) mass is 397 g/mol. The SMILES string of the molecule is Cc1ccc(N(Cc2ccc(Br)cc2)C(=O)c2ccc(F)cc2)cc1. The molecule has 4 heteroatoms. The first kappa shape index (κ1) is 17.4. The van der Waals surface area contributed by atoms with Gasteiger partial charge in [-0.1, -0.05) is 45.8 Å². The maximum absolute atomic E-state index is 13.2. The third-order valence-corrected chi connectivity index (χ3v) is 4.46. The van der Waals surface area contributed by atoms with Gasteiger partial charge >= 0.3 is 0 Å². The second-order valence-electron chi connectivity index (χ2n) is 5.86. The van der Waals surface area contributed by atoms with Gasteiger partial charge in [0.25, 0.3) is 5.91 Å². The molecule has 0 saturated heterocycles. The van der Waals surface area contributed by atoms with Crippen LogP contribution in [0, 0.1) is 12.7 Å². The number of hydrogen-bond acceptors (Lipinski definition) is 1. The molecule has 126 valence electrons. The Morgan fingerprint density at radius 1 is 0.920 bits per heavy atom. The van der Waals surface area contributed by atoms with Crippen molar-refractivity contribution in [2.24, 2.45) is 0 Å². The first-order valence-electron chi connectivity index (χ1n) is 7.91. The highest BCUT2D eigenvalue weighted by Crippen LogP contribution is 2.22. The van der Waals surface area contributed by atoms with E-state index in [2.05, 4.69) is 15.9 Å². The van der Waals surface area contributed by atoms with Crippen LogP contribution in [-0.2, 0) is 6.54 Å². The molecule has 1 amide bonds. The molecule has 0 spiro atoms. The van der Waals surface area contributed by atoms with Crippen LogP contribution in [-0.4, -0.2) is 5.91 Å². The third kappa shape index (κ3) is 4.34. The van der Waals surface area contributed by atoms with Crippen molar-refractivity contribution >= 4 is 27.5 Å². The van der Waals surface area contributed by atoms with Crippen LogP contribution < -0.4 is 4.90 Å². The fraction of sp³-hybridized carbons (Fsp3) is 0.0952. The van der Waals surface area contributed by atoms with Gasteiger partial charge in [0.2, 0.25) is 0 Å². The van der Waals surface area contributed by atoms with Gasteiger partial charge in [-0.15, -0.1) is 0 Å². The molecular formula is C21H17BrFNO. The molecule has 0 fully saturated rings. The molecule has 25 heavy (non-hydrogen) atoms. The average Bonchev–Trinajstić information content (AvgIpc) is 2.62. The summed E-state index contributed by atoms with van der Waals surface area (Å²) in [6, 6.07) is 21.3. The van der Waals surface area contributed by atoms with Gasteiger partial charge in [-0.05, 0) is 61.0 Å². The van der Waals surface area contributed by atoms with E-state index in [1.807, 2.05) is 55.5 Å². The van der Waals surface area contributed by atoms with Crippen LogP contribution >= 0.6 is 15.9 Å². The van der Waals surface area contributed by atoms with Crippen LogP contribution in [0.4, 0.5) is 10.1 Å². The van der Waals surface area contributed by atoms with Crippen molar-refractivity contribution in [2.75, 3.05) is 4.90 Å². The summed E-state index contributed by atoms with van der Waals surface area (Å²) >= 11 is 3.42. The first-order chi connectivity index (χ1) is 12.0. The quantitative estimate of drug-likeness (QED) is 0.549. The van der Waals surface area contributed by atoms with Crippen LogP contribution in [0.1, 0.15) is 21.5 Å². The van der Waals surface area contributed by atoms with Crippen molar-refractivity contribution in [1.29, 1.82) is 0 Å². The van der Waals surface area contributed by atoms with Crippen LogP contribution in [0.15, 0.2) is 77.3 Å². The lowest BCUT2D eigenvalue weighted by molar-refractivity contribution is 0.0985. The van der Waals surface area contributed by atoms with Gasteiger partial charge in [0.05, 0.1) is 6.54 Å². The van der Waals surface area contributed by atoms with Crippen molar-refractivity contribution in [3.05, 3.63) is 99.8 Å². The third-order valence-electron chi connectivity index (χ3n) is 3.94. The maximum atomic E-state index is 13.2. The van der Waals surface area contributed by atoms with Gasteiger partial charge in [-0.2, -0.15) is 0 Å². The Balaban J connectivity index is 1.95. The number of rotatable bonds is 4. The second kappa shape index (κ2) is 7.62. The zero-order valence-electron chi connectivity index (χ0n) is 13.7. The summed E-state index contributed by atoms with van der Waals surface area (Å²) in [6.07, 6.45) is 0. The fourth-order valence-corrected chi connectivity index (χ4v) is 2.79. The van der Waals surface area contributed by atoms with Crippen molar-refractivity contribution < 1.29 is 9.18 Å². The molecule has 0 aliphatic heterocycles. The van der Waals surface area contributed by atoms with E-state index in [0.29, 0.717) is 12.1 Å². The molecule has 0 aliphatic rings. The molecule has 0 saturated carbocycles. The van der Waals surface area contributed by atoms with E-state index in [0.717, 1.165) is 21.3 Å². The molecule has 2 nitrogen and oxygen atoms in total. The van der Waals surface area contributed by atoms with Gasteiger partial charge in [0, 0.05) is 15.7 Å². The Hall–Kier alpha value is -2.46. The Kier molecular flexibility index (Phi) is 5.29. The number of carbonyl (C=O) groups is 1. The first-order valence-corrected chi connectivity index (χ1v) is 8.71. The Morgan fingerprint density at radius 2 is 1.52 bits per heavy atom. The summed E-state index contributed by atoms with van der Waals surface area (Å²) in [5.74, 6) is -0.516. The molecule has 0 unspecified atom stereocenters. The Bertz CT molecular complexity index is 858. The van der Waals surface area contributed by atoms with Gasteiger partial charge in [0.15, 0.2) is 0 Å². The highest BCUT2D eigenvalue weighted by atomic mass is 79.9. The minimum atomic E-state index is -0.355. The number of amides is 1. The largest absolute Gasteiger partial charge is 0.304 e. The lowest BCUT2D eigenvalue weighted by atomic mass is 10.1. The van der Waals surface area contributed by atoms with Crippen molar-refractivity contribution in [2.45, 2.75) is 13.5 Å². The summed E-state index contributed by atoms with van der Waals surface area (Å²) in [7, 11) is 0. The molecule has 0 aromatic heterocycles. The molecule has 0 atom stereocenters. The van der Waals surface area contributed by atoms with Crippen LogP contribution in [0.25, 0.3) is 0 Å². The number of aryl methyl sites for hydroxylation is 1. The van der Waals surface area contributed by atoms with Crippen molar-refractivity contribution in [3.8, 4) is 0 Å². The number of nitrogens with zero attached hydrogens (tertiary/aromatic N) is 1. The van der Waals surface area contributed by atoms with Crippen LogP contribution in [0.3, 0.4) is 0 Å². The summed E-state index contributed by atoms with van der Waals surface area (Å²) < 4.78 is 14.2. The minimum Gasteiger partial charge on any atom is -0.304 e. The van der Waals surface area contributed by atoms with Gasteiger partial charge in [-0.25, -0.2) is 4.39 Å². The molecular weight excluding hydrogens is 381 g/mol. The van der Waals surface area contributed by atoms with E-state index >= 15 is 0 Å². The van der Waals surface area contributed by atoms with Crippen molar-refractivity contribution in [3.63, 3.8) is 0 Å². The van der Waals surface area contributed by atoms with Gasteiger partial charge < -0.3 is 4.90 Å². The summed E-state index contributed by atoms with van der Waals surface area (Å²) in [6.45, 7) is 2.44. The zero-order valence-corrected chi connectivity index (χ0v) is 15.3. The Morgan fingerprint density at radius 3 is 2.12 bits per heavy atom. The van der Waals surface area contributed by atoms with Crippen molar-refractivity contribution in [1.82, 2.24) is 0 Å². The van der Waals surface area contributed by atoms with E-state index in [1.54, 1.807) is 4.90 Å². The number of carbonyl (C=O) groups excluding carboxylic acids is 1. The summed E-state index contributed by atoms with van der Waals surface area (Å²) in [4.78, 5) is 14.7. The average molecular weight is 398 g/mol. The van der Waals surface area contributed by atoms with Crippen LogP contribution in [0.2, 0.25) is 0 Å². The topological polar surface area (TPSA) is 20.3 Å². The van der Waals surface area contributed by atoms with E-state index in [9.17, 15) is 9.18 Å². The zero-order chi connectivity index (χ0) is 17.8. The number of anilines is 1. The number of hydrogen-bond donors (Lipinski definition) is 0. The van der Waals surface area contributed by atoms with Gasteiger partial charge in [-0.3, -0.25) is 4.79 Å². The van der Waals surface area contributed by atoms with E-state index < -0.39 is 0 Å². The number of benzene rings is 3. The minimum absolute atomic E-state index is 0.160. The molecule has 3 aromatic rings. The highest BCUT2D eigenvalue weighted by molar-refractivity contribution is 9.10. The molecule has 0 bridgehead atoms. The molecule has 3 rings (SSSR count). The van der Waals surface area contributed by atoms with E-state index in [-0.39, 0.29) is 11.7 Å². The molecule has 0 radical (unpaired) electrons. The summed E-state index contributed by atoms with van der Waals surface area (Å²) in [5, 5.41) is 0. The van der Waals surface area contributed by atoms with E-state index in [1.165, 1.54) is 24.3 Å². The normalized spacial score (nSPS) is 10.5. The fourth-order valence-electron chi connectivity index (χ4n) is 2.53. The lowest BCUT2D eigenvalue weighted by Crippen LogP contribution is -2.30. The summed E-state index contributed by atoms with van der Waals surface area (Å²) in [5.41, 5.74) is 3.41. The van der Waals surface area contributed by atoms with Crippen LogP contribution in [0.5, 0.6) is 0 Å². The molecule has 0 heterocycles. The smallest absolute Gasteiger partial charge is 0.258 e. The maximum Gasteiger partial charge on any atom is 0.258 e. The molecule has 3 aromatic carbocycles. The highest BCUT2D eigenvalue weighted by Gasteiger charge is 2.18.